The number of nitrogens with two attached hydrogens (primary N) is 1. The van der Waals surface area contributed by atoms with Gasteiger partial charge >= 0.3 is 0 Å². The van der Waals surface area contributed by atoms with Gasteiger partial charge < -0.3 is 10.6 Å². The van der Waals surface area contributed by atoms with Gasteiger partial charge in [0.2, 0.25) is 5.91 Å². The number of aryl methyl sites for hydroxylation is 2. The summed E-state index contributed by atoms with van der Waals surface area (Å²) in [5.41, 5.74) is 11.3. The molecular formula is C26H30Br2ClN3O. The molecule has 2 aromatic rings. The molecular weight excluding hydrogens is 566 g/mol. The van der Waals surface area contributed by atoms with Crippen molar-refractivity contribution >= 4 is 49.4 Å². The van der Waals surface area contributed by atoms with Crippen molar-refractivity contribution in [2.45, 2.75) is 63.3 Å². The molecule has 3 aliphatic rings. The highest BCUT2D eigenvalue weighted by Gasteiger charge is 2.37. The van der Waals surface area contributed by atoms with Crippen molar-refractivity contribution in [3.05, 3.63) is 60.7 Å². The van der Waals surface area contributed by atoms with Crippen LogP contribution < -0.4 is 5.73 Å². The first-order valence-corrected chi connectivity index (χ1v) is 14.0. The van der Waals surface area contributed by atoms with Gasteiger partial charge in [0, 0.05) is 51.1 Å². The summed E-state index contributed by atoms with van der Waals surface area (Å²) in [6.45, 7) is 1.64. The average molecular weight is 596 g/mol. The Morgan fingerprint density at radius 2 is 1.82 bits per heavy atom. The average Bonchev–Trinajstić information content (AvgIpc) is 2.95. The van der Waals surface area contributed by atoms with Crippen LogP contribution in [0.15, 0.2) is 33.3 Å². The Labute approximate surface area is 217 Å². The van der Waals surface area contributed by atoms with Gasteiger partial charge in [0.05, 0.1) is 5.69 Å². The Balaban J connectivity index is 1.42. The molecule has 2 N–H and O–H groups in total. The number of rotatable bonds is 2. The van der Waals surface area contributed by atoms with Crippen molar-refractivity contribution in [3.63, 3.8) is 0 Å². The SMILES string of the molecule is NC1CCCC(C(=O)N2CCC(C3c4ncc(Br)cc4CCc4cc(Cl)cc(Br)c43)CC2)C1. The van der Waals surface area contributed by atoms with E-state index in [0.717, 1.165) is 78.4 Å². The standard InChI is InChI=1S/C26H30Br2ClN3O/c27-19-10-17-5-4-16-11-20(29)13-22(28)23(16)24(25(17)31-14-19)15-6-8-32(9-7-15)26(33)18-2-1-3-21(30)12-18/h10-11,13-15,18,21,24H,1-9,12,30H2. The van der Waals surface area contributed by atoms with E-state index in [1.54, 1.807) is 0 Å². The van der Waals surface area contributed by atoms with Gasteiger partial charge in [0.1, 0.15) is 0 Å². The summed E-state index contributed by atoms with van der Waals surface area (Å²) >= 11 is 13.9. The largest absolute Gasteiger partial charge is 0.342 e. The zero-order chi connectivity index (χ0) is 23.1. The minimum atomic E-state index is 0.111. The van der Waals surface area contributed by atoms with E-state index in [1.165, 1.54) is 22.4 Å². The monoisotopic (exact) mass is 593 g/mol. The molecule has 2 fully saturated rings. The van der Waals surface area contributed by atoms with Gasteiger partial charge in [0.15, 0.2) is 0 Å². The van der Waals surface area contributed by atoms with E-state index >= 15 is 0 Å². The summed E-state index contributed by atoms with van der Waals surface area (Å²) in [6.07, 6.45) is 9.76. The fraction of sp³-hybridized carbons (Fsp3) is 0.538. The maximum atomic E-state index is 13.2. The zero-order valence-corrected chi connectivity index (χ0v) is 22.6. The van der Waals surface area contributed by atoms with Crippen molar-refractivity contribution in [3.8, 4) is 0 Å². The van der Waals surface area contributed by atoms with Crippen molar-refractivity contribution in [2.24, 2.45) is 17.6 Å². The lowest BCUT2D eigenvalue weighted by Crippen LogP contribution is -2.45. The fourth-order valence-corrected chi connectivity index (χ4v) is 7.69. The molecule has 3 atom stereocenters. The van der Waals surface area contributed by atoms with Crippen LogP contribution in [0.1, 0.15) is 66.8 Å². The van der Waals surface area contributed by atoms with Gasteiger partial charge in [-0.05, 0) is 102 Å². The first-order chi connectivity index (χ1) is 15.9. The van der Waals surface area contributed by atoms with Crippen molar-refractivity contribution in [1.82, 2.24) is 9.88 Å². The lowest BCUT2D eigenvalue weighted by Gasteiger charge is -2.39. The zero-order valence-electron chi connectivity index (χ0n) is 18.7. The molecule has 1 amide bonds. The number of aromatic nitrogens is 1. The minimum absolute atomic E-state index is 0.111. The highest BCUT2D eigenvalue weighted by molar-refractivity contribution is 9.10. The fourth-order valence-electron chi connectivity index (χ4n) is 6.19. The van der Waals surface area contributed by atoms with Gasteiger partial charge in [-0.1, -0.05) is 34.0 Å². The third-order valence-electron chi connectivity index (χ3n) is 7.80. The van der Waals surface area contributed by atoms with Gasteiger partial charge in [0.25, 0.3) is 0 Å². The van der Waals surface area contributed by atoms with Crippen LogP contribution in [-0.4, -0.2) is 34.9 Å². The molecule has 1 aromatic carbocycles. The van der Waals surface area contributed by atoms with Crippen LogP contribution in [0.25, 0.3) is 0 Å². The number of carbonyl (C=O) groups excluding carboxylic acids is 1. The topological polar surface area (TPSA) is 59.2 Å². The maximum Gasteiger partial charge on any atom is 0.225 e. The number of hydrogen-bond donors (Lipinski definition) is 1. The number of halogens is 3. The number of benzene rings is 1. The molecule has 1 saturated heterocycles. The minimum Gasteiger partial charge on any atom is -0.342 e. The summed E-state index contributed by atoms with van der Waals surface area (Å²) in [5.74, 6) is 1.07. The van der Waals surface area contributed by atoms with Crippen LogP contribution in [0.4, 0.5) is 0 Å². The van der Waals surface area contributed by atoms with Gasteiger partial charge in [-0.25, -0.2) is 0 Å². The number of amides is 1. The van der Waals surface area contributed by atoms with Crippen molar-refractivity contribution in [2.75, 3.05) is 13.1 Å². The number of piperidine rings is 1. The second kappa shape index (κ2) is 9.96. The Morgan fingerprint density at radius 3 is 2.58 bits per heavy atom. The van der Waals surface area contributed by atoms with E-state index in [-0.39, 0.29) is 17.9 Å². The summed E-state index contributed by atoms with van der Waals surface area (Å²) in [7, 11) is 0. The molecule has 2 aliphatic carbocycles. The number of carbonyl (C=O) groups is 1. The predicted molar refractivity (Wildman–Crippen MR) is 140 cm³/mol. The van der Waals surface area contributed by atoms with E-state index in [1.807, 2.05) is 12.3 Å². The second-order valence-corrected chi connectivity index (χ2v) is 12.1. The molecule has 0 bridgehead atoms. The summed E-state index contributed by atoms with van der Waals surface area (Å²) in [5, 5.41) is 0.769. The number of nitrogens with zero attached hydrogens (tertiary/aromatic N) is 2. The van der Waals surface area contributed by atoms with Crippen molar-refractivity contribution in [1.29, 1.82) is 0 Å². The molecule has 5 rings (SSSR count). The maximum absolute atomic E-state index is 13.2. The molecule has 1 saturated carbocycles. The normalized spacial score (nSPS) is 25.8. The van der Waals surface area contributed by atoms with E-state index in [4.69, 9.17) is 22.3 Å². The molecule has 1 aromatic heterocycles. The summed E-state index contributed by atoms with van der Waals surface area (Å²) < 4.78 is 2.09. The van der Waals surface area contributed by atoms with Crippen LogP contribution in [0.3, 0.4) is 0 Å². The lowest BCUT2D eigenvalue weighted by molar-refractivity contribution is -0.138. The predicted octanol–water partition coefficient (Wildman–Crippen LogP) is 6.25. The van der Waals surface area contributed by atoms with Gasteiger partial charge in [-0.3, -0.25) is 9.78 Å². The first kappa shape index (κ1) is 23.8. The van der Waals surface area contributed by atoms with Crippen LogP contribution >= 0.6 is 43.5 Å². The van der Waals surface area contributed by atoms with Gasteiger partial charge in [-0.2, -0.15) is 0 Å². The lowest BCUT2D eigenvalue weighted by atomic mass is 9.76. The molecule has 7 heteroatoms. The molecule has 176 valence electrons. The molecule has 1 aliphatic heterocycles. The molecule has 3 unspecified atom stereocenters. The molecule has 4 nitrogen and oxygen atoms in total. The number of pyridine rings is 1. The Hall–Kier alpha value is -0.950. The summed E-state index contributed by atoms with van der Waals surface area (Å²) in [6, 6.07) is 6.54. The quantitative estimate of drug-likeness (QED) is 0.447. The highest BCUT2D eigenvalue weighted by Crippen LogP contribution is 2.46. The number of hydrogen-bond acceptors (Lipinski definition) is 3. The highest BCUT2D eigenvalue weighted by atomic mass is 79.9. The second-order valence-electron chi connectivity index (χ2n) is 9.92. The molecule has 2 heterocycles. The molecule has 0 spiro atoms. The Morgan fingerprint density at radius 1 is 1.06 bits per heavy atom. The Bertz CT molecular complexity index is 1050. The smallest absolute Gasteiger partial charge is 0.225 e. The van der Waals surface area contributed by atoms with Crippen LogP contribution in [0.5, 0.6) is 0 Å². The van der Waals surface area contributed by atoms with E-state index < -0.39 is 0 Å². The number of fused-ring (bicyclic) bond motifs is 2. The molecule has 33 heavy (non-hydrogen) atoms. The third-order valence-corrected chi connectivity index (χ3v) is 9.11. The first-order valence-electron chi connectivity index (χ1n) is 12.1. The van der Waals surface area contributed by atoms with Crippen LogP contribution in [0.2, 0.25) is 5.02 Å². The van der Waals surface area contributed by atoms with Gasteiger partial charge in [-0.15, -0.1) is 0 Å². The van der Waals surface area contributed by atoms with E-state index in [9.17, 15) is 4.79 Å². The van der Waals surface area contributed by atoms with Crippen LogP contribution in [-0.2, 0) is 17.6 Å². The summed E-state index contributed by atoms with van der Waals surface area (Å²) in [4.78, 5) is 20.2. The number of likely N-dealkylation sites (tertiary alicyclic amines) is 1. The molecule has 0 radical (unpaired) electrons. The van der Waals surface area contributed by atoms with Crippen LogP contribution in [0, 0.1) is 11.8 Å². The van der Waals surface area contributed by atoms with E-state index in [0.29, 0.717) is 11.8 Å². The third kappa shape index (κ3) is 4.91. The van der Waals surface area contributed by atoms with E-state index in [2.05, 4.69) is 48.9 Å². The Kier molecular flexibility index (Phi) is 7.18. The van der Waals surface area contributed by atoms with Crippen molar-refractivity contribution < 1.29 is 4.79 Å².